The standard InChI is InChI=1S/C20H23N7O2S/c1-13-24-25-18-12-26(15-5-3-4-6-15)19-17(27(13)18)11-21-20(23-19)22-14-7-9-16(10-8-14)30(2,28)29/h7-11,15H,3-6,12H2,1-2H3,(H,21,22,23). The molecule has 0 unspecified atom stereocenters. The molecule has 1 aromatic carbocycles. The Balaban J connectivity index is 1.50. The molecule has 1 saturated carbocycles. The molecule has 3 heterocycles. The van der Waals surface area contributed by atoms with E-state index in [4.69, 9.17) is 4.98 Å². The quantitative estimate of drug-likeness (QED) is 0.680. The highest BCUT2D eigenvalue weighted by molar-refractivity contribution is 7.90. The van der Waals surface area contributed by atoms with Gasteiger partial charge in [0, 0.05) is 18.0 Å². The lowest BCUT2D eigenvalue weighted by Crippen LogP contribution is -2.38. The van der Waals surface area contributed by atoms with Gasteiger partial charge in [-0.3, -0.25) is 4.57 Å². The summed E-state index contributed by atoms with van der Waals surface area (Å²) in [5.41, 5.74) is 1.62. The molecule has 1 aliphatic carbocycles. The molecule has 0 radical (unpaired) electrons. The molecule has 30 heavy (non-hydrogen) atoms. The molecule has 9 nitrogen and oxygen atoms in total. The Morgan fingerprint density at radius 2 is 1.83 bits per heavy atom. The molecule has 0 saturated heterocycles. The van der Waals surface area contributed by atoms with Crippen LogP contribution in [0.4, 0.5) is 17.5 Å². The highest BCUT2D eigenvalue weighted by atomic mass is 32.2. The molecule has 2 aromatic heterocycles. The summed E-state index contributed by atoms with van der Waals surface area (Å²) in [7, 11) is -3.23. The van der Waals surface area contributed by atoms with Gasteiger partial charge in [0.1, 0.15) is 11.5 Å². The molecule has 0 bridgehead atoms. The first-order valence-corrected chi connectivity index (χ1v) is 11.9. The third-order valence-corrected chi connectivity index (χ3v) is 6.90. The number of hydrogen-bond acceptors (Lipinski definition) is 8. The fraction of sp³-hybridized carbons (Fsp3) is 0.400. The molecule has 0 atom stereocenters. The van der Waals surface area contributed by atoms with Gasteiger partial charge >= 0.3 is 0 Å². The maximum absolute atomic E-state index is 11.7. The summed E-state index contributed by atoms with van der Waals surface area (Å²) in [6.45, 7) is 2.61. The third-order valence-electron chi connectivity index (χ3n) is 5.77. The normalized spacial score (nSPS) is 16.4. The fourth-order valence-corrected chi connectivity index (χ4v) is 4.91. The van der Waals surface area contributed by atoms with E-state index in [2.05, 4.69) is 25.4 Å². The van der Waals surface area contributed by atoms with Gasteiger partial charge in [-0.15, -0.1) is 10.2 Å². The van der Waals surface area contributed by atoms with E-state index in [0.717, 1.165) is 41.7 Å². The van der Waals surface area contributed by atoms with Crippen LogP contribution in [0.3, 0.4) is 0 Å². The Kier molecular flexibility index (Phi) is 4.46. The summed E-state index contributed by atoms with van der Waals surface area (Å²) in [6, 6.07) is 7.03. The predicted molar refractivity (Wildman–Crippen MR) is 113 cm³/mol. The van der Waals surface area contributed by atoms with Crippen LogP contribution in [-0.4, -0.2) is 45.4 Å². The third kappa shape index (κ3) is 3.30. The van der Waals surface area contributed by atoms with Crippen molar-refractivity contribution in [2.24, 2.45) is 0 Å². The number of anilines is 3. The van der Waals surface area contributed by atoms with Crippen LogP contribution >= 0.6 is 0 Å². The molecular formula is C20H23N7O2S. The van der Waals surface area contributed by atoms with Crippen LogP contribution < -0.4 is 10.2 Å². The Labute approximate surface area is 175 Å². The Bertz CT molecular complexity index is 1200. The van der Waals surface area contributed by atoms with Gasteiger partial charge in [-0.2, -0.15) is 4.98 Å². The molecule has 1 fully saturated rings. The van der Waals surface area contributed by atoms with Gasteiger partial charge in [-0.25, -0.2) is 13.4 Å². The topological polar surface area (TPSA) is 106 Å². The summed E-state index contributed by atoms with van der Waals surface area (Å²) >= 11 is 0. The van der Waals surface area contributed by atoms with Crippen molar-refractivity contribution in [1.29, 1.82) is 0 Å². The number of sulfone groups is 1. The monoisotopic (exact) mass is 425 g/mol. The Hall–Kier alpha value is -3.01. The number of aryl methyl sites for hydroxylation is 1. The number of nitrogens with zero attached hydrogens (tertiary/aromatic N) is 6. The van der Waals surface area contributed by atoms with Gasteiger partial charge in [0.05, 0.1) is 17.6 Å². The average Bonchev–Trinajstić information content (AvgIpc) is 3.37. The van der Waals surface area contributed by atoms with Crippen LogP contribution in [0.15, 0.2) is 35.4 Å². The van der Waals surface area contributed by atoms with Crippen molar-refractivity contribution in [2.45, 2.75) is 50.1 Å². The number of aromatic nitrogens is 5. The predicted octanol–water partition coefficient (Wildman–Crippen LogP) is 2.78. The van der Waals surface area contributed by atoms with Crippen molar-refractivity contribution in [3.05, 3.63) is 42.1 Å². The largest absolute Gasteiger partial charge is 0.344 e. The second kappa shape index (κ2) is 7.05. The van der Waals surface area contributed by atoms with E-state index in [1.54, 1.807) is 30.5 Å². The first kappa shape index (κ1) is 19.0. The first-order chi connectivity index (χ1) is 14.4. The molecule has 0 amide bonds. The first-order valence-electron chi connectivity index (χ1n) is 10.0. The van der Waals surface area contributed by atoms with Crippen LogP contribution in [0.1, 0.15) is 37.3 Å². The van der Waals surface area contributed by atoms with Crippen molar-refractivity contribution in [2.75, 3.05) is 16.5 Å². The van der Waals surface area contributed by atoms with Gasteiger partial charge < -0.3 is 10.2 Å². The molecule has 5 rings (SSSR count). The van der Waals surface area contributed by atoms with E-state index in [0.29, 0.717) is 18.5 Å². The Morgan fingerprint density at radius 3 is 2.53 bits per heavy atom. The van der Waals surface area contributed by atoms with E-state index in [9.17, 15) is 8.42 Å². The molecule has 10 heteroatoms. The van der Waals surface area contributed by atoms with Crippen molar-refractivity contribution in [3.63, 3.8) is 0 Å². The number of fused-ring (bicyclic) bond motifs is 3. The molecule has 156 valence electrons. The lowest BCUT2D eigenvalue weighted by molar-refractivity contribution is 0.566. The lowest BCUT2D eigenvalue weighted by Gasteiger charge is -2.35. The zero-order valence-electron chi connectivity index (χ0n) is 16.9. The summed E-state index contributed by atoms with van der Waals surface area (Å²) < 4.78 is 25.4. The number of nitrogens with one attached hydrogen (secondary N) is 1. The second-order valence-corrected chi connectivity index (χ2v) is 9.90. The maximum atomic E-state index is 11.7. The number of hydrogen-bond donors (Lipinski definition) is 1. The summed E-state index contributed by atoms with van der Waals surface area (Å²) in [6.07, 6.45) is 7.74. The van der Waals surface area contributed by atoms with Gasteiger partial charge in [0.2, 0.25) is 5.95 Å². The molecular weight excluding hydrogens is 402 g/mol. The van der Waals surface area contributed by atoms with E-state index < -0.39 is 9.84 Å². The number of benzene rings is 1. The van der Waals surface area contributed by atoms with Gasteiger partial charge in [-0.05, 0) is 44.0 Å². The fourth-order valence-electron chi connectivity index (χ4n) is 4.28. The van der Waals surface area contributed by atoms with Crippen molar-refractivity contribution >= 4 is 27.3 Å². The molecule has 0 spiro atoms. The van der Waals surface area contributed by atoms with Crippen molar-refractivity contribution in [1.82, 2.24) is 24.7 Å². The van der Waals surface area contributed by atoms with Crippen LogP contribution in [0.5, 0.6) is 0 Å². The summed E-state index contributed by atoms with van der Waals surface area (Å²) in [5, 5.41) is 11.8. The SMILES string of the molecule is Cc1nnc2n1-c1cnc(Nc3ccc(S(C)(=O)=O)cc3)nc1N(C1CCCC1)C2. The summed E-state index contributed by atoms with van der Waals surface area (Å²) in [5.74, 6) is 3.08. The van der Waals surface area contributed by atoms with Crippen molar-refractivity contribution < 1.29 is 8.42 Å². The van der Waals surface area contributed by atoms with Gasteiger partial charge in [0.25, 0.3) is 0 Å². The van der Waals surface area contributed by atoms with Crippen molar-refractivity contribution in [3.8, 4) is 5.69 Å². The van der Waals surface area contributed by atoms with Crippen LogP contribution in [0.2, 0.25) is 0 Å². The van der Waals surface area contributed by atoms with Gasteiger partial charge in [0.15, 0.2) is 21.5 Å². The highest BCUT2D eigenvalue weighted by Crippen LogP contribution is 2.36. The van der Waals surface area contributed by atoms with Crippen LogP contribution in [0.25, 0.3) is 5.69 Å². The average molecular weight is 426 g/mol. The highest BCUT2D eigenvalue weighted by Gasteiger charge is 2.33. The Morgan fingerprint density at radius 1 is 1.10 bits per heavy atom. The van der Waals surface area contributed by atoms with E-state index >= 15 is 0 Å². The van der Waals surface area contributed by atoms with E-state index in [-0.39, 0.29) is 4.90 Å². The smallest absolute Gasteiger partial charge is 0.229 e. The maximum Gasteiger partial charge on any atom is 0.229 e. The van der Waals surface area contributed by atoms with Gasteiger partial charge in [-0.1, -0.05) is 12.8 Å². The molecule has 3 aromatic rings. The zero-order chi connectivity index (χ0) is 20.9. The molecule has 1 N–H and O–H groups in total. The zero-order valence-corrected chi connectivity index (χ0v) is 17.7. The lowest BCUT2D eigenvalue weighted by atomic mass is 10.1. The molecule has 2 aliphatic rings. The minimum absolute atomic E-state index is 0.280. The van der Waals surface area contributed by atoms with E-state index in [1.807, 2.05) is 11.5 Å². The van der Waals surface area contributed by atoms with Crippen LogP contribution in [-0.2, 0) is 16.4 Å². The number of rotatable bonds is 4. The molecule has 1 aliphatic heterocycles. The summed E-state index contributed by atoms with van der Waals surface area (Å²) in [4.78, 5) is 11.9. The second-order valence-electron chi connectivity index (χ2n) is 7.89. The van der Waals surface area contributed by atoms with Crippen LogP contribution in [0, 0.1) is 6.92 Å². The minimum Gasteiger partial charge on any atom is -0.344 e. The minimum atomic E-state index is -3.23. The van der Waals surface area contributed by atoms with E-state index in [1.165, 1.54) is 19.1 Å².